The first kappa shape index (κ1) is 15.5. The van der Waals surface area contributed by atoms with Crippen LogP contribution in [0.15, 0.2) is 24.3 Å². The maximum absolute atomic E-state index is 11.7. The van der Waals surface area contributed by atoms with E-state index < -0.39 is 5.91 Å². The molecular weight excluding hydrogens is 292 g/mol. The number of nitrogens with two attached hydrogens (primary N) is 1. The number of nitrogens with zero attached hydrogens (tertiary/aromatic N) is 1. The average molecular weight is 314 g/mol. The van der Waals surface area contributed by atoms with Gasteiger partial charge in [-0.1, -0.05) is 0 Å². The van der Waals surface area contributed by atoms with Crippen molar-refractivity contribution >= 4 is 5.91 Å². The minimum Gasteiger partial charge on any atom is -0.490 e. The molecule has 5 heteroatoms. The van der Waals surface area contributed by atoms with Crippen LogP contribution in [0.5, 0.6) is 11.5 Å². The molecule has 1 aliphatic heterocycles. The monoisotopic (exact) mass is 314 g/mol. The number of hydrogen-bond acceptors (Lipinski definition) is 3. The smallest absolute Gasteiger partial charge is 0.250 e. The zero-order chi connectivity index (χ0) is 16.6. The fourth-order valence-corrected chi connectivity index (χ4v) is 3.08. The molecular formula is C18H22N2O3. The Morgan fingerprint density at radius 3 is 2.52 bits per heavy atom. The first-order valence-corrected chi connectivity index (χ1v) is 7.90. The van der Waals surface area contributed by atoms with Crippen LogP contribution in [0.4, 0.5) is 0 Å². The molecule has 2 aromatic rings. The first-order chi connectivity index (χ1) is 11.0. The van der Waals surface area contributed by atoms with Crippen molar-refractivity contribution in [2.24, 2.45) is 5.73 Å². The normalized spacial score (nSPS) is 13.9. The summed E-state index contributed by atoms with van der Waals surface area (Å²) in [7, 11) is 0. The lowest BCUT2D eigenvalue weighted by Gasteiger charge is -2.17. The van der Waals surface area contributed by atoms with E-state index in [1.54, 1.807) is 0 Å². The van der Waals surface area contributed by atoms with E-state index >= 15 is 0 Å². The van der Waals surface area contributed by atoms with Crippen molar-refractivity contribution in [3.05, 3.63) is 35.5 Å². The summed E-state index contributed by atoms with van der Waals surface area (Å²) in [5.74, 6) is 1.10. The van der Waals surface area contributed by atoms with Gasteiger partial charge < -0.3 is 19.8 Å². The summed E-state index contributed by atoms with van der Waals surface area (Å²) in [6, 6.07) is 7.96. The Kier molecular flexibility index (Phi) is 4.03. The Hall–Kier alpha value is -2.43. The van der Waals surface area contributed by atoms with E-state index in [4.69, 9.17) is 15.2 Å². The molecule has 23 heavy (non-hydrogen) atoms. The van der Waals surface area contributed by atoms with Crippen LogP contribution in [0.2, 0.25) is 0 Å². The van der Waals surface area contributed by atoms with Gasteiger partial charge in [-0.25, -0.2) is 0 Å². The number of rotatable bonds is 3. The third kappa shape index (κ3) is 2.79. The topological polar surface area (TPSA) is 66.5 Å². The number of aromatic nitrogens is 1. The number of ether oxygens (including phenoxy) is 2. The summed E-state index contributed by atoms with van der Waals surface area (Å²) in [4.78, 5) is 11.7. The quantitative estimate of drug-likeness (QED) is 0.945. The van der Waals surface area contributed by atoms with Crippen molar-refractivity contribution in [3.8, 4) is 22.8 Å². The first-order valence-electron chi connectivity index (χ1n) is 7.90. The van der Waals surface area contributed by atoms with E-state index in [2.05, 4.69) is 18.4 Å². The molecule has 0 saturated heterocycles. The van der Waals surface area contributed by atoms with Gasteiger partial charge >= 0.3 is 0 Å². The summed E-state index contributed by atoms with van der Waals surface area (Å²) in [6.45, 7) is 7.41. The lowest BCUT2D eigenvalue weighted by atomic mass is 10.1. The minimum atomic E-state index is -0.405. The molecule has 2 heterocycles. The number of amides is 1. The van der Waals surface area contributed by atoms with Gasteiger partial charge in [0.15, 0.2) is 11.5 Å². The van der Waals surface area contributed by atoms with Gasteiger partial charge in [0.1, 0.15) is 0 Å². The Labute approximate surface area is 136 Å². The second-order valence-electron chi connectivity index (χ2n) is 6.07. The highest BCUT2D eigenvalue weighted by atomic mass is 16.5. The average Bonchev–Trinajstić information content (AvgIpc) is 2.70. The molecule has 0 fully saturated rings. The summed E-state index contributed by atoms with van der Waals surface area (Å²) in [6.07, 6.45) is 0.872. The van der Waals surface area contributed by atoms with Crippen LogP contribution in [-0.4, -0.2) is 23.7 Å². The summed E-state index contributed by atoms with van der Waals surface area (Å²) < 4.78 is 13.6. The fraction of sp³-hybridized carbons (Fsp3) is 0.389. The Bertz CT molecular complexity index is 747. The van der Waals surface area contributed by atoms with Crippen molar-refractivity contribution in [3.63, 3.8) is 0 Å². The lowest BCUT2D eigenvalue weighted by molar-refractivity contribution is 0.0999. The van der Waals surface area contributed by atoms with Crippen molar-refractivity contribution in [1.82, 2.24) is 4.57 Å². The SMILES string of the molecule is Cc1c(C(N)=O)cc(-c2ccc3c(c2)OCCCO3)n1C(C)C. The highest BCUT2D eigenvalue weighted by Crippen LogP contribution is 2.36. The maximum atomic E-state index is 11.7. The highest BCUT2D eigenvalue weighted by molar-refractivity contribution is 5.95. The van der Waals surface area contributed by atoms with Gasteiger partial charge in [0.25, 0.3) is 5.91 Å². The number of carbonyl (C=O) groups excluding carboxylic acids is 1. The molecule has 1 aromatic heterocycles. The third-order valence-electron chi connectivity index (χ3n) is 4.12. The third-order valence-corrected chi connectivity index (χ3v) is 4.12. The van der Waals surface area contributed by atoms with Crippen LogP contribution in [0.1, 0.15) is 42.4 Å². The van der Waals surface area contributed by atoms with Crippen molar-refractivity contribution in [2.75, 3.05) is 13.2 Å². The molecule has 0 aliphatic carbocycles. The van der Waals surface area contributed by atoms with E-state index in [9.17, 15) is 4.79 Å². The maximum Gasteiger partial charge on any atom is 0.250 e. The Balaban J connectivity index is 2.13. The predicted molar refractivity (Wildman–Crippen MR) is 89.1 cm³/mol. The predicted octanol–water partition coefficient (Wildman–Crippen LogP) is 3.30. The molecule has 0 bridgehead atoms. The van der Waals surface area contributed by atoms with Crippen LogP contribution in [0, 0.1) is 6.92 Å². The van der Waals surface area contributed by atoms with E-state index in [0.717, 1.165) is 34.9 Å². The van der Waals surface area contributed by atoms with Crippen LogP contribution in [0.3, 0.4) is 0 Å². The molecule has 122 valence electrons. The molecule has 1 aromatic carbocycles. The molecule has 0 unspecified atom stereocenters. The highest BCUT2D eigenvalue weighted by Gasteiger charge is 2.20. The second-order valence-corrected chi connectivity index (χ2v) is 6.07. The number of fused-ring (bicyclic) bond motifs is 1. The zero-order valence-corrected chi connectivity index (χ0v) is 13.8. The number of carbonyl (C=O) groups is 1. The second kappa shape index (κ2) is 5.99. The molecule has 0 spiro atoms. The Morgan fingerprint density at radius 1 is 1.17 bits per heavy atom. The largest absolute Gasteiger partial charge is 0.490 e. The van der Waals surface area contributed by atoms with Gasteiger partial charge in [0.05, 0.1) is 18.8 Å². The van der Waals surface area contributed by atoms with E-state index in [0.29, 0.717) is 18.8 Å². The standard InChI is InChI=1S/C18H22N2O3/c1-11(2)20-12(3)14(18(19)21)10-15(20)13-5-6-16-17(9-13)23-8-4-7-22-16/h5-6,9-11H,4,7-8H2,1-3H3,(H2,19,21). The molecule has 0 atom stereocenters. The minimum absolute atomic E-state index is 0.217. The summed E-state index contributed by atoms with van der Waals surface area (Å²) in [5, 5.41) is 0. The molecule has 0 saturated carbocycles. The van der Waals surface area contributed by atoms with E-state index in [1.807, 2.05) is 31.2 Å². The number of primary amides is 1. The lowest BCUT2D eigenvalue weighted by Crippen LogP contribution is -2.13. The van der Waals surface area contributed by atoms with Gasteiger partial charge in [-0.15, -0.1) is 0 Å². The van der Waals surface area contributed by atoms with Crippen molar-refractivity contribution in [2.45, 2.75) is 33.2 Å². The molecule has 1 aliphatic rings. The Morgan fingerprint density at radius 2 is 1.87 bits per heavy atom. The van der Waals surface area contributed by atoms with E-state index in [-0.39, 0.29) is 6.04 Å². The summed E-state index contributed by atoms with van der Waals surface area (Å²) in [5.41, 5.74) is 8.89. The van der Waals surface area contributed by atoms with E-state index in [1.165, 1.54) is 0 Å². The molecule has 5 nitrogen and oxygen atoms in total. The fourth-order valence-electron chi connectivity index (χ4n) is 3.08. The molecule has 1 amide bonds. The van der Waals surface area contributed by atoms with Gasteiger partial charge in [0.2, 0.25) is 0 Å². The van der Waals surface area contributed by atoms with Gasteiger partial charge in [-0.3, -0.25) is 4.79 Å². The van der Waals surface area contributed by atoms with Gasteiger partial charge in [-0.2, -0.15) is 0 Å². The zero-order valence-electron chi connectivity index (χ0n) is 13.8. The number of hydrogen-bond donors (Lipinski definition) is 1. The van der Waals surface area contributed by atoms with Crippen LogP contribution in [0.25, 0.3) is 11.3 Å². The van der Waals surface area contributed by atoms with Crippen molar-refractivity contribution < 1.29 is 14.3 Å². The van der Waals surface area contributed by atoms with Crippen LogP contribution >= 0.6 is 0 Å². The van der Waals surface area contributed by atoms with Gasteiger partial charge in [-0.05, 0) is 45.0 Å². The summed E-state index contributed by atoms with van der Waals surface area (Å²) >= 11 is 0. The number of benzene rings is 1. The molecule has 3 rings (SSSR count). The molecule has 0 radical (unpaired) electrons. The van der Waals surface area contributed by atoms with Crippen molar-refractivity contribution in [1.29, 1.82) is 0 Å². The van der Waals surface area contributed by atoms with Crippen LogP contribution in [-0.2, 0) is 0 Å². The van der Waals surface area contributed by atoms with Crippen LogP contribution < -0.4 is 15.2 Å². The van der Waals surface area contributed by atoms with Gasteiger partial charge in [0, 0.05) is 29.4 Å². The molecule has 2 N–H and O–H groups in total.